The van der Waals surface area contributed by atoms with Gasteiger partial charge in [0.2, 0.25) is 17.7 Å². The summed E-state index contributed by atoms with van der Waals surface area (Å²) in [6.45, 7) is 2.52. The molecule has 13 nitrogen and oxygen atoms in total. The maximum absolute atomic E-state index is 13.2. The van der Waals surface area contributed by atoms with Crippen molar-refractivity contribution >= 4 is 47.1 Å². The zero-order valence-corrected chi connectivity index (χ0v) is 33.3. The van der Waals surface area contributed by atoms with Crippen LogP contribution in [0.2, 0.25) is 0 Å². The predicted octanol–water partition coefficient (Wildman–Crippen LogP) is 6.54. The van der Waals surface area contributed by atoms with Gasteiger partial charge in [0.1, 0.15) is 34.6 Å². The monoisotopic (exact) mass is 803 g/mol. The number of ether oxygens (including phenoxy) is 1. The predicted molar refractivity (Wildman–Crippen MR) is 220 cm³/mol. The lowest BCUT2D eigenvalue weighted by molar-refractivity contribution is -0.137. The largest absolute Gasteiger partial charge is 0.457 e. The first-order valence-corrected chi connectivity index (χ1v) is 21.4. The number of primary amides is 1. The Hall–Kier alpha value is -5.63. The average Bonchev–Trinajstić information content (AvgIpc) is 3.80. The van der Waals surface area contributed by atoms with Crippen LogP contribution in [-0.4, -0.2) is 80.5 Å². The molecule has 5 heterocycles. The number of imide groups is 1. The van der Waals surface area contributed by atoms with E-state index in [-0.39, 0.29) is 30.2 Å². The lowest BCUT2D eigenvalue weighted by Crippen LogP contribution is -2.52. The van der Waals surface area contributed by atoms with Crippen molar-refractivity contribution in [2.24, 2.45) is 11.7 Å². The van der Waals surface area contributed by atoms with Gasteiger partial charge in [-0.15, -0.1) is 11.8 Å². The number of aromatic nitrogens is 2. The van der Waals surface area contributed by atoms with Crippen LogP contribution in [0.15, 0.2) is 77.7 Å². The number of nitrogens with two attached hydrogens (primary N) is 1. The van der Waals surface area contributed by atoms with Gasteiger partial charge in [-0.2, -0.15) is 5.10 Å². The summed E-state index contributed by atoms with van der Waals surface area (Å²) in [5.74, 6) is 2.16. The van der Waals surface area contributed by atoms with Gasteiger partial charge in [0.25, 0.3) is 11.8 Å². The van der Waals surface area contributed by atoms with Crippen LogP contribution in [0.1, 0.15) is 96.5 Å². The van der Waals surface area contributed by atoms with Gasteiger partial charge in [-0.05, 0) is 104 Å². The summed E-state index contributed by atoms with van der Waals surface area (Å²) in [5.41, 5.74) is 9.28. The third-order valence-electron chi connectivity index (χ3n) is 11.8. The number of likely N-dealkylation sites (tertiary alicyclic amines) is 1. The van der Waals surface area contributed by atoms with Crippen LogP contribution in [0.4, 0.5) is 5.82 Å². The molecular weight excluding hydrogens is 755 g/mol. The number of hydrogen-bond donors (Lipinski definition) is 3. The molecule has 0 bridgehead atoms. The lowest BCUT2D eigenvalue weighted by Gasteiger charge is -2.38. The molecule has 5 amide bonds. The van der Waals surface area contributed by atoms with E-state index >= 15 is 0 Å². The van der Waals surface area contributed by atoms with Gasteiger partial charge in [-0.1, -0.05) is 37.1 Å². The van der Waals surface area contributed by atoms with Gasteiger partial charge in [0.05, 0.1) is 6.04 Å². The number of benzene rings is 3. The summed E-state index contributed by atoms with van der Waals surface area (Å²) >= 11 is 1.73. The highest BCUT2D eigenvalue weighted by atomic mass is 32.2. The summed E-state index contributed by atoms with van der Waals surface area (Å²) in [6.07, 6.45) is 7.59. The Labute approximate surface area is 342 Å². The molecule has 2 unspecified atom stereocenters. The molecule has 58 heavy (non-hydrogen) atoms. The standard InChI is InChI=1S/C44H49N7O6S/c45-41(54)39-40(29-14-16-31(17-15-29)57-30-9-4-3-5-10-30)48-51-34(20-23-46-42(39)51)28-21-24-49(25-22-28)38(53)13-6-1-2-7-26-58-36-12-8-11-32-33(36)27-50(44(32)56)35-18-19-37(52)47-43(35)55/h3-5,8-12,14-17,28,34-35,46H,1-2,6-7,13,18-27H2,(H2,45,54)(H,47,52,55). The second-order valence-electron chi connectivity index (χ2n) is 15.5. The highest BCUT2D eigenvalue weighted by molar-refractivity contribution is 7.99. The molecule has 3 aromatic carbocycles. The number of anilines is 1. The number of para-hydroxylation sites is 1. The minimum Gasteiger partial charge on any atom is -0.457 e. The Balaban J connectivity index is 0.783. The van der Waals surface area contributed by atoms with Crippen molar-refractivity contribution in [1.82, 2.24) is 24.9 Å². The molecule has 0 aliphatic carbocycles. The molecule has 2 atom stereocenters. The smallest absolute Gasteiger partial charge is 0.255 e. The van der Waals surface area contributed by atoms with Gasteiger partial charge in [-0.3, -0.25) is 29.3 Å². The van der Waals surface area contributed by atoms with E-state index in [1.807, 2.05) is 82.4 Å². The van der Waals surface area contributed by atoms with Gasteiger partial charge in [-0.25, -0.2) is 4.68 Å². The number of rotatable bonds is 14. The van der Waals surface area contributed by atoms with Gasteiger partial charge in [0.15, 0.2) is 0 Å². The first-order chi connectivity index (χ1) is 28.2. The van der Waals surface area contributed by atoms with Crippen LogP contribution in [0.25, 0.3) is 11.3 Å². The van der Waals surface area contributed by atoms with Gasteiger partial charge in [0, 0.05) is 55.0 Å². The molecule has 2 saturated heterocycles. The maximum atomic E-state index is 13.2. The first kappa shape index (κ1) is 39.2. The Kier molecular flexibility index (Phi) is 11.8. The van der Waals surface area contributed by atoms with E-state index in [2.05, 4.69) is 10.6 Å². The Bertz CT molecular complexity index is 2180. The SMILES string of the molecule is NC(=O)c1c(-c2ccc(Oc3ccccc3)cc2)nn2c1NCCC2C1CCN(C(=O)CCCCCCSc2cccc3c2CN(C2CCC(=O)NC2=O)C3=O)CC1. The molecule has 4 aromatic rings. The zero-order chi connectivity index (χ0) is 40.2. The topological polar surface area (TPSA) is 169 Å². The highest BCUT2D eigenvalue weighted by Crippen LogP contribution is 2.41. The zero-order valence-electron chi connectivity index (χ0n) is 32.5. The quantitative estimate of drug-likeness (QED) is 0.0728. The third kappa shape index (κ3) is 8.33. The summed E-state index contributed by atoms with van der Waals surface area (Å²) in [4.78, 5) is 67.9. The molecule has 0 saturated carbocycles. The fraction of sp³-hybridized carbons (Fsp3) is 0.409. The van der Waals surface area contributed by atoms with E-state index in [9.17, 15) is 24.0 Å². The van der Waals surface area contributed by atoms with E-state index < -0.39 is 17.9 Å². The number of hydrogen-bond acceptors (Lipinski definition) is 9. The van der Waals surface area contributed by atoms with Crippen molar-refractivity contribution in [1.29, 1.82) is 0 Å². The summed E-state index contributed by atoms with van der Waals surface area (Å²) in [7, 11) is 0. The molecule has 302 valence electrons. The van der Waals surface area contributed by atoms with Crippen molar-refractivity contribution < 1.29 is 28.7 Å². The van der Waals surface area contributed by atoms with Crippen LogP contribution in [0.3, 0.4) is 0 Å². The molecule has 8 rings (SSSR count). The first-order valence-electron chi connectivity index (χ1n) is 20.4. The van der Waals surface area contributed by atoms with Crippen LogP contribution in [0.5, 0.6) is 11.5 Å². The van der Waals surface area contributed by atoms with E-state index in [4.69, 9.17) is 15.6 Å². The van der Waals surface area contributed by atoms with Crippen LogP contribution in [0, 0.1) is 5.92 Å². The molecule has 0 radical (unpaired) electrons. The molecule has 4 N–H and O–H groups in total. The van der Waals surface area contributed by atoms with E-state index in [1.54, 1.807) is 16.7 Å². The molecule has 14 heteroatoms. The molecule has 2 fully saturated rings. The van der Waals surface area contributed by atoms with Crippen molar-refractivity contribution in [2.45, 2.75) is 87.7 Å². The molecule has 4 aliphatic heterocycles. The minimum absolute atomic E-state index is 0.0978. The van der Waals surface area contributed by atoms with Gasteiger partial charge >= 0.3 is 0 Å². The van der Waals surface area contributed by atoms with Crippen LogP contribution in [-0.2, 0) is 20.9 Å². The van der Waals surface area contributed by atoms with Crippen molar-refractivity contribution in [2.75, 3.05) is 30.7 Å². The number of thioether (sulfide) groups is 1. The number of carbonyl (C=O) groups is 5. The second kappa shape index (κ2) is 17.5. The number of unbranched alkanes of at least 4 members (excludes halogenated alkanes) is 3. The fourth-order valence-electron chi connectivity index (χ4n) is 8.78. The summed E-state index contributed by atoms with van der Waals surface area (Å²) in [6, 6.07) is 22.3. The van der Waals surface area contributed by atoms with E-state index in [0.29, 0.717) is 73.3 Å². The highest BCUT2D eigenvalue weighted by Gasteiger charge is 2.40. The molecular formula is C44H49N7O6S. The van der Waals surface area contributed by atoms with Crippen molar-refractivity contribution in [3.05, 3.63) is 89.5 Å². The third-order valence-corrected chi connectivity index (χ3v) is 13.0. The molecule has 1 aromatic heterocycles. The van der Waals surface area contributed by atoms with Gasteiger partial charge < -0.3 is 25.6 Å². The number of nitrogens with zero attached hydrogens (tertiary/aromatic N) is 4. The van der Waals surface area contributed by atoms with Crippen LogP contribution < -0.4 is 21.1 Å². The Morgan fingerprint density at radius 1 is 0.862 bits per heavy atom. The van der Waals surface area contributed by atoms with Crippen molar-refractivity contribution in [3.8, 4) is 22.8 Å². The number of fused-ring (bicyclic) bond motifs is 2. The summed E-state index contributed by atoms with van der Waals surface area (Å²) < 4.78 is 7.92. The Morgan fingerprint density at radius 3 is 2.38 bits per heavy atom. The minimum atomic E-state index is -0.617. The fourth-order valence-corrected chi connectivity index (χ4v) is 9.87. The maximum Gasteiger partial charge on any atom is 0.255 e. The average molecular weight is 804 g/mol. The molecule has 4 aliphatic rings. The lowest BCUT2D eigenvalue weighted by atomic mass is 9.86. The Morgan fingerprint density at radius 2 is 1.62 bits per heavy atom. The summed E-state index contributed by atoms with van der Waals surface area (Å²) in [5, 5.41) is 10.7. The van der Waals surface area contributed by atoms with E-state index in [0.717, 1.165) is 72.5 Å². The van der Waals surface area contributed by atoms with Crippen LogP contribution >= 0.6 is 11.8 Å². The number of carbonyl (C=O) groups excluding carboxylic acids is 5. The number of nitrogens with one attached hydrogen (secondary N) is 2. The molecule has 0 spiro atoms. The number of amides is 5. The number of piperidine rings is 2. The van der Waals surface area contributed by atoms with Crippen molar-refractivity contribution in [3.63, 3.8) is 0 Å². The van der Waals surface area contributed by atoms with E-state index in [1.165, 1.54) is 0 Å². The normalized spacial score (nSPS) is 19.3. The second-order valence-corrected chi connectivity index (χ2v) is 16.7.